The van der Waals surface area contributed by atoms with Crippen molar-refractivity contribution in [2.45, 2.75) is 44.9 Å². The van der Waals surface area contributed by atoms with Crippen molar-refractivity contribution in [1.29, 1.82) is 0 Å². The maximum Gasteiger partial charge on any atom is 0.308 e. The number of ether oxygens (including phenoxy) is 1. The van der Waals surface area contributed by atoms with E-state index in [1.54, 1.807) is 0 Å². The van der Waals surface area contributed by atoms with E-state index in [1.165, 1.54) is 19.3 Å². The van der Waals surface area contributed by atoms with E-state index in [-0.39, 0.29) is 11.9 Å². The molecule has 0 heterocycles. The van der Waals surface area contributed by atoms with E-state index in [4.69, 9.17) is 4.74 Å². The van der Waals surface area contributed by atoms with E-state index in [1.807, 2.05) is 0 Å². The normalized spacial score (nSPS) is 26.8. The third-order valence-electron chi connectivity index (χ3n) is 3.53. The van der Waals surface area contributed by atoms with Gasteiger partial charge in [0.25, 0.3) is 0 Å². The van der Waals surface area contributed by atoms with E-state index in [2.05, 4.69) is 12.2 Å². The predicted molar refractivity (Wildman–Crippen MR) is 59.4 cm³/mol. The Morgan fingerprint density at radius 2 is 2.00 bits per heavy atom. The summed E-state index contributed by atoms with van der Waals surface area (Å²) in [5, 5.41) is 0. The van der Waals surface area contributed by atoms with E-state index in [0.717, 1.165) is 25.7 Å². The first-order chi connectivity index (χ1) is 7.36. The van der Waals surface area contributed by atoms with Crippen LogP contribution in [0.2, 0.25) is 0 Å². The molecule has 1 saturated carbocycles. The fourth-order valence-corrected chi connectivity index (χ4v) is 2.49. The Morgan fingerprint density at radius 3 is 2.67 bits per heavy atom. The van der Waals surface area contributed by atoms with Gasteiger partial charge in [-0.1, -0.05) is 25.0 Å². The summed E-state index contributed by atoms with van der Waals surface area (Å²) in [4.78, 5) is 11.6. The van der Waals surface area contributed by atoms with Crippen molar-refractivity contribution < 1.29 is 9.53 Å². The minimum Gasteiger partial charge on any atom is -0.465 e. The Balaban J connectivity index is 1.68. The van der Waals surface area contributed by atoms with Gasteiger partial charge in [0.15, 0.2) is 0 Å². The highest BCUT2D eigenvalue weighted by Crippen LogP contribution is 2.26. The molecule has 84 valence electrons. The fourth-order valence-electron chi connectivity index (χ4n) is 2.49. The predicted octanol–water partition coefficient (Wildman–Crippen LogP) is 3.08. The van der Waals surface area contributed by atoms with Gasteiger partial charge in [0.1, 0.15) is 0 Å². The second kappa shape index (κ2) is 5.34. The quantitative estimate of drug-likeness (QED) is 0.526. The van der Waals surface area contributed by atoms with Crippen LogP contribution in [0.3, 0.4) is 0 Å². The van der Waals surface area contributed by atoms with Gasteiger partial charge in [-0.05, 0) is 38.0 Å². The van der Waals surface area contributed by atoms with Crippen LogP contribution in [0.15, 0.2) is 12.2 Å². The Morgan fingerprint density at radius 1 is 1.20 bits per heavy atom. The van der Waals surface area contributed by atoms with Gasteiger partial charge in [-0.2, -0.15) is 0 Å². The van der Waals surface area contributed by atoms with Crippen LogP contribution in [0.25, 0.3) is 0 Å². The summed E-state index contributed by atoms with van der Waals surface area (Å²) in [6.07, 6.45) is 12.3. The van der Waals surface area contributed by atoms with Crippen molar-refractivity contribution in [2.24, 2.45) is 11.8 Å². The molecule has 0 aromatic carbocycles. The molecule has 0 unspecified atom stereocenters. The number of hydrogen-bond acceptors (Lipinski definition) is 2. The molecule has 2 rings (SSSR count). The van der Waals surface area contributed by atoms with E-state index in [0.29, 0.717) is 12.5 Å². The number of carbonyl (C=O) groups excluding carboxylic acids is 1. The average Bonchev–Trinajstić information content (AvgIpc) is 2.81. The van der Waals surface area contributed by atoms with Gasteiger partial charge in [0.05, 0.1) is 12.5 Å². The molecular weight excluding hydrogens is 188 g/mol. The van der Waals surface area contributed by atoms with Crippen LogP contribution >= 0.6 is 0 Å². The molecule has 0 saturated heterocycles. The summed E-state index contributed by atoms with van der Waals surface area (Å²) < 4.78 is 5.39. The maximum absolute atomic E-state index is 11.6. The minimum atomic E-state index is 0.0575. The van der Waals surface area contributed by atoms with Crippen LogP contribution in [-0.4, -0.2) is 12.6 Å². The van der Waals surface area contributed by atoms with Crippen molar-refractivity contribution in [1.82, 2.24) is 0 Å². The Labute approximate surface area is 91.7 Å². The fraction of sp³-hybridized carbons (Fsp3) is 0.769. The molecule has 15 heavy (non-hydrogen) atoms. The lowest BCUT2D eigenvalue weighted by Crippen LogP contribution is -2.20. The van der Waals surface area contributed by atoms with Gasteiger partial charge in [0.2, 0.25) is 0 Å². The molecular formula is C13H20O2. The standard InChI is InChI=1S/C13H20O2/c14-13(12-8-4-5-9-12)15-10-11-6-2-1-3-7-11/h1-2,11-12H,3-10H2/t11-/m1/s1. The Bertz CT molecular complexity index is 239. The third-order valence-corrected chi connectivity index (χ3v) is 3.53. The van der Waals surface area contributed by atoms with Crippen molar-refractivity contribution in [2.75, 3.05) is 6.61 Å². The monoisotopic (exact) mass is 208 g/mol. The van der Waals surface area contributed by atoms with Gasteiger partial charge in [-0.25, -0.2) is 0 Å². The topological polar surface area (TPSA) is 26.3 Å². The van der Waals surface area contributed by atoms with Crippen molar-refractivity contribution in [3.05, 3.63) is 12.2 Å². The number of esters is 1. The van der Waals surface area contributed by atoms with Gasteiger partial charge in [-0.3, -0.25) is 4.79 Å². The zero-order chi connectivity index (χ0) is 10.5. The van der Waals surface area contributed by atoms with Crippen LogP contribution in [0.5, 0.6) is 0 Å². The molecule has 0 aliphatic heterocycles. The van der Waals surface area contributed by atoms with Crippen molar-refractivity contribution in [3.63, 3.8) is 0 Å². The second-order valence-electron chi connectivity index (χ2n) is 4.76. The summed E-state index contributed by atoms with van der Waals surface area (Å²) in [7, 11) is 0. The zero-order valence-corrected chi connectivity index (χ0v) is 9.28. The SMILES string of the molecule is O=C(OC[C@@H]1CC=CCC1)C1CCCC1. The third kappa shape index (κ3) is 3.08. The summed E-state index contributed by atoms with van der Waals surface area (Å²) >= 11 is 0. The molecule has 0 bridgehead atoms. The highest BCUT2D eigenvalue weighted by atomic mass is 16.5. The van der Waals surface area contributed by atoms with Crippen LogP contribution in [0.1, 0.15) is 44.9 Å². The summed E-state index contributed by atoms with van der Waals surface area (Å²) in [6, 6.07) is 0. The average molecular weight is 208 g/mol. The largest absolute Gasteiger partial charge is 0.465 e. The lowest BCUT2D eigenvalue weighted by atomic mass is 9.95. The second-order valence-corrected chi connectivity index (χ2v) is 4.76. The molecule has 1 fully saturated rings. The highest BCUT2D eigenvalue weighted by molar-refractivity contribution is 5.72. The molecule has 0 amide bonds. The van der Waals surface area contributed by atoms with Crippen LogP contribution in [0, 0.1) is 11.8 Å². The highest BCUT2D eigenvalue weighted by Gasteiger charge is 2.24. The van der Waals surface area contributed by atoms with Crippen LogP contribution in [-0.2, 0) is 9.53 Å². The lowest BCUT2D eigenvalue weighted by Gasteiger charge is -2.18. The number of allylic oxidation sites excluding steroid dienone is 2. The molecule has 2 aliphatic rings. The first-order valence-corrected chi connectivity index (χ1v) is 6.18. The van der Waals surface area contributed by atoms with Gasteiger partial charge >= 0.3 is 5.97 Å². The minimum absolute atomic E-state index is 0.0575. The number of hydrogen-bond donors (Lipinski definition) is 0. The molecule has 1 atom stereocenters. The van der Waals surface area contributed by atoms with E-state index < -0.39 is 0 Å². The Kier molecular flexibility index (Phi) is 3.81. The molecule has 0 aromatic heterocycles. The summed E-state index contributed by atoms with van der Waals surface area (Å²) in [6.45, 7) is 0.639. The number of rotatable bonds is 3. The molecule has 0 radical (unpaired) electrons. The van der Waals surface area contributed by atoms with E-state index >= 15 is 0 Å². The summed E-state index contributed by atoms with van der Waals surface area (Å²) in [5.74, 6) is 0.839. The summed E-state index contributed by atoms with van der Waals surface area (Å²) in [5.41, 5.74) is 0. The van der Waals surface area contributed by atoms with Gasteiger partial charge in [0, 0.05) is 0 Å². The zero-order valence-electron chi connectivity index (χ0n) is 9.28. The van der Waals surface area contributed by atoms with Crippen molar-refractivity contribution in [3.8, 4) is 0 Å². The molecule has 0 spiro atoms. The van der Waals surface area contributed by atoms with Crippen LogP contribution < -0.4 is 0 Å². The lowest BCUT2D eigenvalue weighted by molar-refractivity contribution is -0.149. The molecule has 2 aliphatic carbocycles. The number of carbonyl (C=O) groups is 1. The van der Waals surface area contributed by atoms with E-state index in [9.17, 15) is 4.79 Å². The molecule has 2 nitrogen and oxygen atoms in total. The van der Waals surface area contributed by atoms with Crippen LogP contribution in [0.4, 0.5) is 0 Å². The molecule has 2 heteroatoms. The smallest absolute Gasteiger partial charge is 0.308 e. The van der Waals surface area contributed by atoms with Gasteiger partial charge in [-0.15, -0.1) is 0 Å². The first kappa shape index (κ1) is 10.7. The van der Waals surface area contributed by atoms with Crippen molar-refractivity contribution >= 4 is 5.97 Å². The molecule has 0 N–H and O–H groups in total. The molecule has 0 aromatic rings. The maximum atomic E-state index is 11.6. The van der Waals surface area contributed by atoms with Gasteiger partial charge < -0.3 is 4.74 Å². The Hall–Kier alpha value is -0.790. The first-order valence-electron chi connectivity index (χ1n) is 6.18.